The normalized spacial score (nSPS) is 14.4. The summed E-state index contributed by atoms with van der Waals surface area (Å²) in [5.41, 5.74) is 1.13. The van der Waals surface area contributed by atoms with Gasteiger partial charge in [-0.2, -0.15) is 0 Å². The van der Waals surface area contributed by atoms with E-state index in [1.54, 1.807) is 17.5 Å². The molecule has 1 aromatic carbocycles. The molecule has 0 atom stereocenters. The minimum absolute atomic E-state index is 0.117. The average molecular weight is 279 g/mol. The van der Waals surface area contributed by atoms with E-state index in [0.29, 0.717) is 11.3 Å². The van der Waals surface area contributed by atoms with E-state index in [1.807, 2.05) is 25.1 Å². The molecule has 2 heteroatoms. The van der Waals surface area contributed by atoms with Gasteiger partial charge in [-0.15, -0.1) is 11.3 Å². The number of benzene rings is 1. The Morgan fingerprint density at radius 1 is 1.35 bits per heavy atom. The van der Waals surface area contributed by atoms with Crippen LogP contribution in [0.1, 0.15) is 15.4 Å². The van der Waals surface area contributed by atoms with Crippen molar-refractivity contribution in [1.29, 1.82) is 0 Å². The van der Waals surface area contributed by atoms with Crippen molar-refractivity contribution in [3.05, 3.63) is 70.6 Å². The third kappa shape index (κ3) is 2.30. The van der Waals surface area contributed by atoms with E-state index in [1.165, 1.54) is 21.4 Å². The quantitative estimate of drug-likeness (QED) is 0.698. The predicted molar refractivity (Wildman–Crippen MR) is 89.0 cm³/mol. The van der Waals surface area contributed by atoms with E-state index >= 15 is 0 Å². The van der Waals surface area contributed by atoms with Gasteiger partial charge in [-0.05, 0) is 47.4 Å². The smallest absolute Gasteiger partial charge is 0.0696 e. The van der Waals surface area contributed by atoms with Crippen molar-refractivity contribution in [1.82, 2.24) is 4.98 Å². The zero-order chi connectivity index (χ0) is 15.7. The standard InChI is InChI=1S/C18H15NS/c1-3-14-15-8-4-5-10-17(15)20-18(14)12-13(2)16-9-6-7-11-19-16/h3-12H,2H2,1H3/b14-3+,18-12?/i6D,9D. The minimum atomic E-state index is 0.117. The second-order valence-electron chi connectivity index (χ2n) is 4.40. The Morgan fingerprint density at radius 3 is 3.05 bits per heavy atom. The molecule has 3 aromatic rings. The number of aromatic nitrogens is 1. The molecule has 3 rings (SSSR count). The van der Waals surface area contributed by atoms with E-state index in [4.69, 9.17) is 2.74 Å². The number of pyridine rings is 1. The molecule has 20 heavy (non-hydrogen) atoms. The second kappa shape index (κ2) is 5.43. The van der Waals surface area contributed by atoms with Crippen molar-refractivity contribution < 1.29 is 2.74 Å². The number of thiophene rings is 1. The Morgan fingerprint density at radius 2 is 2.20 bits per heavy atom. The summed E-state index contributed by atoms with van der Waals surface area (Å²) in [6, 6.07) is 10.1. The lowest BCUT2D eigenvalue weighted by molar-refractivity contribution is 1.29. The van der Waals surface area contributed by atoms with Crippen LogP contribution in [0.3, 0.4) is 0 Å². The Hall–Kier alpha value is -2.19. The van der Waals surface area contributed by atoms with Gasteiger partial charge in [-0.25, -0.2) is 0 Å². The molecule has 0 fully saturated rings. The summed E-state index contributed by atoms with van der Waals surface area (Å²) < 4.78 is 18.0. The monoisotopic (exact) mass is 279 g/mol. The Bertz CT molecular complexity index is 986. The van der Waals surface area contributed by atoms with Crippen LogP contribution in [0, 0.1) is 0 Å². The van der Waals surface area contributed by atoms with E-state index in [2.05, 4.69) is 29.8 Å². The van der Waals surface area contributed by atoms with Gasteiger partial charge in [0.25, 0.3) is 0 Å². The minimum Gasteiger partial charge on any atom is -0.256 e. The first-order valence-corrected chi connectivity index (χ1v) is 7.20. The second-order valence-corrected chi connectivity index (χ2v) is 5.48. The van der Waals surface area contributed by atoms with Gasteiger partial charge in [0.05, 0.1) is 8.44 Å². The molecular formula is C18H15NS. The van der Waals surface area contributed by atoms with E-state index < -0.39 is 0 Å². The summed E-state index contributed by atoms with van der Waals surface area (Å²) in [5.74, 6) is 0. The highest BCUT2D eigenvalue weighted by Gasteiger charge is 2.01. The maximum atomic E-state index is 7.96. The highest BCUT2D eigenvalue weighted by Crippen LogP contribution is 2.14. The summed E-state index contributed by atoms with van der Waals surface area (Å²) in [6.07, 6.45) is 5.60. The largest absolute Gasteiger partial charge is 0.256 e. The van der Waals surface area contributed by atoms with Gasteiger partial charge in [-0.1, -0.05) is 36.9 Å². The van der Waals surface area contributed by atoms with Gasteiger partial charge in [0.15, 0.2) is 0 Å². The number of nitrogens with zero attached hydrogens (tertiary/aromatic N) is 1. The Kier molecular flexibility index (Phi) is 2.87. The molecule has 0 radical (unpaired) electrons. The Balaban J connectivity index is 2.21. The average Bonchev–Trinajstić information content (AvgIpc) is 2.86. The van der Waals surface area contributed by atoms with Gasteiger partial charge in [0.2, 0.25) is 0 Å². The van der Waals surface area contributed by atoms with E-state index in [-0.39, 0.29) is 12.1 Å². The van der Waals surface area contributed by atoms with Crippen LogP contribution >= 0.6 is 11.3 Å². The zero-order valence-electron chi connectivity index (χ0n) is 13.2. The van der Waals surface area contributed by atoms with Crippen LogP contribution in [-0.2, 0) is 0 Å². The van der Waals surface area contributed by atoms with Gasteiger partial charge < -0.3 is 0 Å². The van der Waals surface area contributed by atoms with Crippen molar-refractivity contribution in [3.63, 3.8) is 0 Å². The number of hydrogen-bond donors (Lipinski definition) is 0. The zero-order valence-corrected chi connectivity index (χ0v) is 12.0. The molecule has 0 spiro atoms. The third-order valence-corrected chi connectivity index (χ3v) is 4.25. The molecular weight excluding hydrogens is 262 g/mol. The van der Waals surface area contributed by atoms with Crippen LogP contribution in [0.2, 0.25) is 0 Å². The lowest BCUT2D eigenvalue weighted by atomic mass is 10.1. The molecule has 2 heterocycles. The highest BCUT2D eigenvalue weighted by atomic mass is 32.1. The SMILES string of the molecule is [2H]c1ccnc(C(=C)C=c2sc3ccccc3/c2=C\C)c1[2H]. The summed E-state index contributed by atoms with van der Waals surface area (Å²) in [4.78, 5) is 4.20. The summed E-state index contributed by atoms with van der Waals surface area (Å²) in [5, 5.41) is 2.40. The molecule has 0 aliphatic heterocycles. The van der Waals surface area contributed by atoms with Crippen molar-refractivity contribution in [2.75, 3.05) is 0 Å². The lowest BCUT2D eigenvalue weighted by Crippen LogP contribution is -2.18. The Labute approximate surface area is 125 Å². The fourth-order valence-corrected chi connectivity index (χ4v) is 3.38. The first kappa shape index (κ1) is 10.6. The maximum Gasteiger partial charge on any atom is 0.0696 e. The molecule has 0 aliphatic rings. The van der Waals surface area contributed by atoms with Crippen LogP contribution < -0.4 is 9.75 Å². The number of hydrogen-bond acceptors (Lipinski definition) is 2. The first-order chi connectivity index (χ1) is 10.6. The van der Waals surface area contributed by atoms with Crippen molar-refractivity contribution in [2.45, 2.75) is 6.92 Å². The maximum absolute atomic E-state index is 7.96. The van der Waals surface area contributed by atoms with Gasteiger partial charge >= 0.3 is 0 Å². The number of fused-ring (bicyclic) bond motifs is 1. The van der Waals surface area contributed by atoms with Crippen LogP contribution in [0.4, 0.5) is 0 Å². The van der Waals surface area contributed by atoms with Crippen LogP contribution in [0.15, 0.2) is 55.2 Å². The van der Waals surface area contributed by atoms with Gasteiger partial charge in [0, 0.05) is 15.4 Å². The molecule has 0 aliphatic carbocycles. The molecule has 0 unspecified atom stereocenters. The topological polar surface area (TPSA) is 12.9 Å². The summed E-state index contributed by atoms with van der Waals surface area (Å²) in [6.45, 7) is 6.06. The van der Waals surface area contributed by atoms with Crippen molar-refractivity contribution in [3.8, 4) is 0 Å². The third-order valence-electron chi connectivity index (χ3n) is 3.11. The molecule has 0 saturated heterocycles. The van der Waals surface area contributed by atoms with Crippen LogP contribution in [0.25, 0.3) is 27.8 Å². The van der Waals surface area contributed by atoms with E-state index in [0.717, 1.165) is 4.53 Å². The molecule has 0 bridgehead atoms. The molecule has 1 nitrogen and oxygen atoms in total. The fourth-order valence-electron chi connectivity index (χ4n) is 2.17. The first-order valence-electron chi connectivity index (χ1n) is 7.39. The van der Waals surface area contributed by atoms with Crippen molar-refractivity contribution >= 4 is 39.1 Å². The summed E-state index contributed by atoms with van der Waals surface area (Å²) >= 11 is 1.70. The molecule has 2 aromatic heterocycles. The number of allylic oxidation sites excluding steroid dienone is 1. The van der Waals surface area contributed by atoms with Crippen LogP contribution in [0.5, 0.6) is 0 Å². The van der Waals surface area contributed by atoms with Crippen LogP contribution in [-0.4, -0.2) is 4.98 Å². The predicted octanol–water partition coefficient (Wildman–Crippen LogP) is 3.59. The summed E-state index contributed by atoms with van der Waals surface area (Å²) in [7, 11) is 0. The van der Waals surface area contributed by atoms with E-state index in [9.17, 15) is 0 Å². The molecule has 0 N–H and O–H groups in total. The fraction of sp³-hybridized carbons (Fsp3) is 0.0556. The molecule has 98 valence electrons. The lowest BCUT2D eigenvalue weighted by Gasteiger charge is -1.96. The highest BCUT2D eigenvalue weighted by molar-refractivity contribution is 7.17. The van der Waals surface area contributed by atoms with Crippen molar-refractivity contribution in [2.24, 2.45) is 0 Å². The number of rotatable bonds is 2. The molecule has 0 saturated carbocycles. The van der Waals surface area contributed by atoms with Gasteiger partial charge in [-0.3, -0.25) is 4.98 Å². The van der Waals surface area contributed by atoms with Gasteiger partial charge in [0.1, 0.15) is 0 Å². The molecule has 0 amide bonds.